The summed E-state index contributed by atoms with van der Waals surface area (Å²) in [5.41, 5.74) is 0. The van der Waals surface area contributed by atoms with Crippen molar-refractivity contribution in [2.24, 2.45) is 0 Å². The Bertz CT molecular complexity index is 173. The fourth-order valence-electron chi connectivity index (χ4n) is 1.13. The number of hydrogen-bond acceptors (Lipinski definition) is 1. The normalized spacial score (nSPS) is 30.2. The average Bonchev–Trinajstić information content (AvgIpc) is 2.05. The fourth-order valence-corrected chi connectivity index (χ4v) is 1.13. The van der Waals surface area contributed by atoms with Crippen LogP contribution in [0.4, 0.5) is 8.78 Å². The molecule has 0 aliphatic carbocycles. The Labute approximate surface area is 58.2 Å². The van der Waals surface area contributed by atoms with Crippen molar-refractivity contribution >= 4 is 0 Å². The molecular formula is C6H8F2N2. The average molecular weight is 146 g/mol. The molecule has 1 atom stereocenters. The van der Waals surface area contributed by atoms with Crippen LogP contribution in [0.5, 0.6) is 0 Å². The first kappa shape index (κ1) is 7.26. The first-order valence-corrected chi connectivity index (χ1v) is 3.07. The largest absolute Gasteiger partial charge is 0.273 e. The standard InChI is InChI=1S/C6H8F2N2/c1-5-3-6(7,8)4-10(5)9-2/h5H,3-4H2,1H3/t5-/m0/s1. The van der Waals surface area contributed by atoms with Crippen molar-refractivity contribution < 1.29 is 8.78 Å². The molecular weight excluding hydrogens is 138 g/mol. The molecule has 0 aromatic carbocycles. The van der Waals surface area contributed by atoms with Gasteiger partial charge >= 0.3 is 0 Å². The Morgan fingerprint density at radius 3 is 2.50 bits per heavy atom. The van der Waals surface area contributed by atoms with Gasteiger partial charge in [-0.2, -0.15) is 11.5 Å². The molecule has 0 bridgehead atoms. The Balaban J connectivity index is 2.63. The molecule has 56 valence electrons. The molecule has 0 amide bonds. The van der Waals surface area contributed by atoms with Crippen LogP contribution in [-0.4, -0.2) is 23.5 Å². The molecule has 0 unspecified atom stereocenters. The van der Waals surface area contributed by atoms with Crippen molar-refractivity contribution in [3.05, 3.63) is 11.5 Å². The monoisotopic (exact) mass is 146 g/mol. The van der Waals surface area contributed by atoms with Gasteiger partial charge < -0.3 is 0 Å². The molecule has 0 radical (unpaired) electrons. The second-order valence-electron chi connectivity index (χ2n) is 2.61. The van der Waals surface area contributed by atoms with E-state index in [9.17, 15) is 8.78 Å². The predicted molar refractivity (Wildman–Crippen MR) is 32.3 cm³/mol. The Kier molecular flexibility index (Phi) is 1.51. The maximum absolute atomic E-state index is 12.4. The van der Waals surface area contributed by atoms with Crippen LogP contribution in [-0.2, 0) is 0 Å². The van der Waals surface area contributed by atoms with E-state index in [-0.39, 0.29) is 12.5 Å². The van der Waals surface area contributed by atoms with Crippen molar-refractivity contribution in [2.75, 3.05) is 6.54 Å². The zero-order chi connectivity index (χ0) is 7.78. The maximum Gasteiger partial charge on any atom is 0.273 e. The molecule has 4 heteroatoms. The van der Waals surface area contributed by atoms with Gasteiger partial charge in [-0.15, -0.1) is 5.01 Å². The highest BCUT2D eigenvalue weighted by molar-refractivity contribution is 4.89. The zero-order valence-corrected chi connectivity index (χ0v) is 5.64. The predicted octanol–water partition coefficient (Wildman–Crippen LogP) is 1.55. The van der Waals surface area contributed by atoms with Crippen LogP contribution in [0.25, 0.3) is 4.95 Å². The van der Waals surface area contributed by atoms with Gasteiger partial charge in [0.05, 0.1) is 0 Å². The van der Waals surface area contributed by atoms with Gasteiger partial charge in [-0.3, -0.25) is 0 Å². The van der Waals surface area contributed by atoms with Crippen molar-refractivity contribution in [3.8, 4) is 0 Å². The maximum atomic E-state index is 12.4. The van der Waals surface area contributed by atoms with E-state index in [4.69, 9.17) is 6.57 Å². The van der Waals surface area contributed by atoms with Crippen LogP contribution in [0, 0.1) is 6.57 Å². The number of rotatable bonds is 0. The lowest BCUT2D eigenvalue weighted by Gasteiger charge is -2.04. The van der Waals surface area contributed by atoms with E-state index in [0.717, 1.165) is 5.01 Å². The van der Waals surface area contributed by atoms with Crippen LogP contribution in [0.1, 0.15) is 13.3 Å². The van der Waals surface area contributed by atoms with Gasteiger partial charge in [-0.1, -0.05) is 0 Å². The van der Waals surface area contributed by atoms with E-state index in [1.807, 2.05) is 0 Å². The Morgan fingerprint density at radius 1 is 1.70 bits per heavy atom. The van der Waals surface area contributed by atoms with E-state index in [1.54, 1.807) is 6.92 Å². The van der Waals surface area contributed by atoms with Gasteiger partial charge in [0.1, 0.15) is 12.6 Å². The molecule has 0 N–H and O–H groups in total. The zero-order valence-electron chi connectivity index (χ0n) is 5.64. The minimum absolute atomic E-state index is 0.185. The minimum atomic E-state index is -2.65. The molecule has 1 heterocycles. The third-order valence-corrected chi connectivity index (χ3v) is 1.62. The van der Waals surface area contributed by atoms with Crippen LogP contribution < -0.4 is 0 Å². The highest BCUT2D eigenvalue weighted by atomic mass is 19.3. The third kappa shape index (κ3) is 1.18. The summed E-state index contributed by atoms with van der Waals surface area (Å²) in [6, 6.07) is -0.299. The summed E-state index contributed by atoms with van der Waals surface area (Å²) in [5, 5.41) is 1.10. The number of alkyl halides is 2. The second-order valence-corrected chi connectivity index (χ2v) is 2.61. The first-order valence-electron chi connectivity index (χ1n) is 3.07. The van der Waals surface area contributed by atoms with Crippen molar-refractivity contribution in [2.45, 2.75) is 25.3 Å². The van der Waals surface area contributed by atoms with Gasteiger partial charge in [-0.05, 0) is 6.92 Å². The van der Waals surface area contributed by atoms with E-state index < -0.39 is 12.5 Å². The molecule has 1 aliphatic heterocycles. The van der Waals surface area contributed by atoms with Crippen LogP contribution >= 0.6 is 0 Å². The second kappa shape index (κ2) is 2.08. The topological polar surface area (TPSA) is 7.60 Å². The molecule has 0 aromatic rings. The highest BCUT2D eigenvalue weighted by Gasteiger charge is 2.46. The van der Waals surface area contributed by atoms with Gasteiger partial charge in [0.25, 0.3) is 5.92 Å². The summed E-state index contributed by atoms with van der Waals surface area (Å²) < 4.78 is 24.9. The van der Waals surface area contributed by atoms with Crippen LogP contribution in [0.15, 0.2) is 0 Å². The van der Waals surface area contributed by atoms with Gasteiger partial charge in [-0.25, -0.2) is 8.78 Å². The highest BCUT2D eigenvalue weighted by Crippen LogP contribution is 2.31. The summed E-state index contributed by atoms with van der Waals surface area (Å²) in [4.78, 5) is 2.97. The van der Waals surface area contributed by atoms with Crippen molar-refractivity contribution in [1.82, 2.24) is 5.01 Å². The van der Waals surface area contributed by atoms with E-state index in [1.165, 1.54) is 0 Å². The molecule has 1 fully saturated rings. The molecule has 1 saturated heterocycles. The fraction of sp³-hybridized carbons (Fsp3) is 0.833. The molecule has 10 heavy (non-hydrogen) atoms. The smallest absolute Gasteiger partial charge is 0.204 e. The molecule has 1 rings (SSSR count). The summed E-state index contributed by atoms with van der Waals surface area (Å²) in [6.07, 6.45) is -0.185. The van der Waals surface area contributed by atoms with E-state index in [0.29, 0.717) is 0 Å². The summed E-state index contributed by atoms with van der Waals surface area (Å²) >= 11 is 0. The van der Waals surface area contributed by atoms with E-state index >= 15 is 0 Å². The molecule has 0 spiro atoms. The van der Waals surface area contributed by atoms with Crippen molar-refractivity contribution in [3.63, 3.8) is 0 Å². The Morgan fingerprint density at radius 2 is 2.30 bits per heavy atom. The minimum Gasteiger partial charge on any atom is -0.204 e. The van der Waals surface area contributed by atoms with Crippen LogP contribution in [0.3, 0.4) is 0 Å². The van der Waals surface area contributed by atoms with Gasteiger partial charge in [0, 0.05) is 6.42 Å². The molecule has 1 aliphatic rings. The third-order valence-electron chi connectivity index (χ3n) is 1.62. The number of nitrogens with zero attached hydrogens (tertiary/aromatic N) is 2. The van der Waals surface area contributed by atoms with Gasteiger partial charge in [0.2, 0.25) is 0 Å². The molecule has 0 saturated carbocycles. The number of hydrogen-bond donors (Lipinski definition) is 0. The molecule has 0 aromatic heterocycles. The summed E-state index contributed by atoms with van der Waals surface area (Å²) in [6.45, 7) is 7.76. The lowest BCUT2D eigenvalue weighted by molar-refractivity contribution is 0.0153. The van der Waals surface area contributed by atoms with Crippen LogP contribution in [0.2, 0.25) is 0 Å². The summed E-state index contributed by atoms with van der Waals surface area (Å²) in [7, 11) is 0. The van der Waals surface area contributed by atoms with Crippen molar-refractivity contribution in [1.29, 1.82) is 0 Å². The lowest BCUT2D eigenvalue weighted by atomic mass is 10.2. The Hall–Kier alpha value is -0.850. The quantitative estimate of drug-likeness (QED) is 0.470. The molecule has 2 nitrogen and oxygen atoms in total. The lowest BCUT2D eigenvalue weighted by Crippen LogP contribution is -2.21. The van der Waals surface area contributed by atoms with E-state index in [2.05, 4.69) is 4.95 Å². The SMILES string of the molecule is [C-]#[N+]N1CC(F)(F)C[C@@H]1C. The summed E-state index contributed by atoms with van der Waals surface area (Å²) in [5.74, 6) is -2.65. The first-order chi connectivity index (χ1) is 4.55. The number of halogens is 2. The van der Waals surface area contributed by atoms with Gasteiger partial charge in [0.15, 0.2) is 0 Å².